The van der Waals surface area contributed by atoms with E-state index in [2.05, 4.69) is 10.3 Å². The van der Waals surface area contributed by atoms with Crippen LogP contribution in [0, 0.1) is 5.82 Å². The van der Waals surface area contributed by atoms with Crippen LogP contribution < -0.4 is 10.1 Å². The van der Waals surface area contributed by atoms with Crippen LogP contribution in [0.25, 0.3) is 0 Å². The van der Waals surface area contributed by atoms with Crippen LogP contribution >= 0.6 is 0 Å². The summed E-state index contributed by atoms with van der Waals surface area (Å²) in [5, 5.41) is 2.30. The Kier molecular flexibility index (Phi) is 4.76. The third-order valence-electron chi connectivity index (χ3n) is 4.63. The normalized spacial score (nSPS) is 15.8. The number of benzene rings is 1. The maximum Gasteiger partial charge on any atom is 0.454 e. The number of ether oxygens (including phenoxy) is 1. The van der Waals surface area contributed by atoms with Gasteiger partial charge in [0.25, 0.3) is 11.8 Å². The molecule has 28 heavy (non-hydrogen) atoms. The molecule has 0 unspecified atom stereocenters. The molecule has 10 heteroatoms. The van der Waals surface area contributed by atoms with E-state index in [-0.39, 0.29) is 29.7 Å². The van der Waals surface area contributed by atoms with Crippen molar-refractivity contribution < 1.29 is 35.9 Å². The van der Waals surface area contributed by atoms with Crippen molar-refractivity contribution in [1.82, 2.24) is 10.3 Å². The fourth-order valence-electron chi connectivity index (χ4n) is 2.90. The molecular formula is C18H14F6N2O2. The molecule has 0 saturated heterocycles. The van der Waals surface area contributed by atoms with E-state index >= 15 is 0 Å². The summed E-state index contributed by atoms with van der Waals surface area (Å²) in [6.07, 6.45) is -5.17. The second-order valence-corrected chi connectivity index (χ2v) is 6.37. The zero-order valence-electron chi connectivity index (χ0n) is 14.4. The molecule has 4 nitrogen and oxygen atoms in total. The smallest absolute Gasteiger partial charge is 0.436 e. The van der Waals surface area contributed by atoms with Crippen LogP contribution in [0.3, 0.4) is 0 Å². The Morgan fingerprint density at radius 1 is 1.14 bits per heavy atom. The summed E-state index contributed by atoms with van der Waals surface area (Å²) in [5.74, 6) is -6.82. The van der Waals surface area contributed by atoms with Crippen LogP contribution in [-0.4, -0.2) is 30.0 Å². The van der Waals surface area contributed by atoms with Gasteiger partial charge in [-0.2, -0.15) is 22.0 Å². The predicted molar refractivity (Wildman–Crippen MR) is 86.0 cm³/mol. The fraction of sp³-hybridized carbons (Fsp3) is 0.333. The second kappa shape index (κ2) is 6.68. The van der Waals surface area contributed by atoms with Crippen molar-refractivity contribution in [2.24, 2.45) is 0 Å². The third kappa shape index (κ3) is 3.27. The van der Waals surface area contributed by atoms with Gasteiger partial charge in [0.2, 0.25) is 0 Å². The molecule has 1 fully saturated rings. The average molecular weight is 404 g/mol. The van der Waals surface area contributed by atoms with Crippen molar-refractivity contribution in [1.29, 1.82) is 0 Å². The van der Waals surface area contributed by atoms with Gasteiger partial charge >= 0.3 is 12.1 Å². The van der Waals surface area contributed by atoms with Crippen molar-refractivity contribution >= 4 is 5.91 Å². The van der Waals surface area contributed by atoms with Gasteiger partial charge in [0.15, 0.2) is 5.82 Å². The van der Waals surface area contributed by atoms with Gasteiger partial charge < -0.3 is 10.1 Å². The number of nitrogens with zero attached hydrogens (tertiary/aromatic N) is 1. The standard InChI is InChI=1S/C18H14F6N2O2/c1-25-14(27)10-8-13(19)15(26-9-10)28-12-4-2-11(3-5-12)16(6-7-16)17(20,21)18(22,23)24/h2-5,8-9H,6-7H2,1H3,(H,25,27). The molecule has 1 amide bonds. The highest BCUT2D eigenvalue weighted by molar-refractivity contribution is 5.93. The van der Waals surface area contributed by atoms with Crippen molar-refractivity contribution in [2.45, 2.75) is 30.4 Å². The summed E-state index contributed by atoms with van der Waals surface area (Å²) in [7, 11) is 1.36. The summed E-state index contributed by atoms with van der Waals surface area (Å²) >= 11 is 0. The molecule has 1 heterocycles. The first-order valence-corrected chi connectivity index (χ1v) is 8.12. The second-order valence-electron chi connectivity index (χ2n) is 6.37. The van der Waals surface area contributed by atoms with Gasteiger partial charge in [-0.15, -0.1) is 0 Å². The molecule has 1 aromatic carbocycles. The van der Waals surface area contributed by atoms with Crippen LogP contribution in [0.15, 0.2) is 36.5 Å². The lowest BCUT2D eigenvalue weighted by Crippen LogP contribution is -2.47. The lowest BCUT2D eigenvalue weighted by Gasteiger charge is -2.29. The molecule has 0 aliphatic heterocycles. The van der Waals surface area contributed by atoms with E-state index in [0.717, 1.165) is 36.5 Å². The maximum atomic E-state index is 14.0. The van der Waals surface area contributed by atoms with Gasteiger partial charge in [-0.25, -0.2) is 9.37 Å². The lowest BCUT2D eigenvalue weighted by atomic mass is 9.88. The molecule has 1 N–H and O–H groups in total. The Morgan fingerprint density at radius 2 is 1.75 bits per heavy atom. The Bertz CT molecular complexity index is 892. The number of pyridine rings is 1. The van der Waals surface area contributed by atoms with E-state index in [0.29, 0.717) is 0 Å². The first-order valence-electron chi connectivity index (χ1n) is 8.12. The highest BCUT2D eigenvalue weighted by Crippen LogP contribution is 2.63. The van der Waals surface area contributed by atoms with Crippen molar-refractivity contribution in [3.63, 3.8) is 0 Å². The number of halogens is 6. The molecule has 1 aliphatic carbocycles. The van der Waals surface area contributed by atoms with Gasteiger partial charge in [0.05, 0.1) is 11.0 Å². The number of aromatic nitrogens is 1. The highest BCUT2D eigenvalue weighted by atomic mass is 19.4. The van der Waals surface area contributed by atoms with E-state index < -0.39 is 35.1 Å². The van der Waals surface area contributed by atoms with E-state index in [1.54, 1.807) is 0 Å². The number of rotatable bonds is 5. The minimum absolute atomic E-state index is 0.00559. The Hall–Kier alpha value is -2.78. The van der Waals surface area contributed by atoms with E-state index in [1.165, 1.54) is 7.05 Å². The number of hydrogen-bond donors (Lipinski definition) is 1. The zero-order valence-corrected chi connectivity index (χ0v) is 14.4. The van der Waals surface area contributed by atoms with Gasteiger partial charge in [0.1, 0.15) is 5.75 Å². The minimum Gasteiger partial charge on any atom is -0.436 e. The number of alkyl halides is 5. The van der Waals surface area contributed by atoms with Crippen molar-refractivity contribution in [3.8, 4) is 11.6 Å². The van der Waals surface area contributed by atoms with Crippen LogP contribution in [0.1, 0.15) is 28.8 Å². The zero-order chi connectivity index (χ0) is 20.7. The summed E-state index contributed by atoms with van der Waals surface area (Å²) < 4.78 is 85.1. The average Bonchev–Trinajstić information content (AvgIpc) is 3.45. The first kappa shape index (κ1) is 20.0. The molecule has 0 spiro atoms. The molecule has 3 rings (SSSR count). The maximum absolute atomic E-state index is 14.0. The van der Waals surface area contributed by atoms with Crippen molar-refractivity contribution in [2.75, 3.05) is 7.05 Å². The van der Waals surface area contributed by atoms with E-state index in [4.69, 9.17) is 4.74 Å². The van der Waals surface area contributed by atoms with Crippen LogP contribution in [0.2, 0.25) is 0 Å². The Morgan fingerprint density at radius 3 is 2.21 bits per heavy atom. The van der Waals surface area contributed by atoms with Crippen LogP contribution in [0.5, 0.6) is 11.6 Å². The number of nitrogens with one attached hydrogen (secondary N) is 1. The highest BCUT2D eigenvalue weighted by Gasteiger charge is 2.75. The Labute approximate surface area is 155 Å². The van der Waals surface area contributed by atoms with Gasteiger partial charge in [0, 0.05) is 13.2 Å². The number of amides is 1. The molecular weight excluding hydrogens is 390 g/mol. The SMILES string of the molecule is CNC(=O)c1cnc(Oc2ccc(C3(C(F)(F)C(F)(F)F)CC3)cc2)c(F)c1. The van der Waals surface area contributed by atoms with Crippen LogP contribution in [-0.2, 0) is 5.41 Å². The number of carbonyl (C=O) groups is 1. The Balaban J connectivity index is 1.80. The predicted octanol–water partition coefficient (Wildman–Crippen LogP) is 4.60. The summed E-state index contributed by atoms with van der Waals surface area (Å²) in [5.41, 5.74) is -2.50. The summed E-state index contributed by atoms with van der Waals surface area (Å²) in [6, 6.07) is 5.42. The van der Waals surface area contributed by atoms with E-state index in [9.17, 15) is 31.1 Å². The number of hydrogen-bond acceptors (Lipinski definition) is 3. The molecule has 0 atom stereocenters. The van der Waals surface area contributed by atoms with Gasteiger partial charge in [-0.3, -0.25) is 4.79 Å². The molecule has 1 aromatic heterocycles. The molecule has 0 bridgehead atoms. The van der Waals surface area contributed by atoms with E-state index in [1.807, 2.05) is 0 Å². The fourth-order valence-corrected chi connectivity index (χ4v) is 2.90. The van der Waals surface area contributed by atoms with Gasteiger partial charge in [-0.1, -0.05) is 12.1 Å². The van der Waals surface area contributed by atoms with Crippen molar-refractivity contribution in [3.05, 3.63) is 53.5 Å². The lowest BCUT2D eigenvalue weighted by molar-refractivity contribution is -0.296. The molecule has 0 radical (unpaired) electrons. The topological polar surface area (TPSA) is 51.2 Å². The number of carbonyl (C=O) groups excluding carboxylic acids is 1. The minimum atomic E-state index is -5.65. The van der Waals surface area contributed by atoms with Gasteiger partial charge in [-0.05, 0) is 36.6 Å². The summed E-state index contributed by atoms with van der Waals surface area (Å²) in [6.45, 7) is 0. The molecule has 1 saturated carbocycles. The molecule has 150 valence electrons. The monoisotopic (exact) mass is 404 g/mol. The molecule has 2 aromatic rings. The molecule has 1 aliphatic rings. The van der Waals surface area contributed by atoms with Crippen LogP contribution in [0.4, 0.5) is 26.3 Å². The quantitative estimate of drug-likeness (QED) is 0.741. The summed E-state index contributed by atoms with van der Waals surface area (Å²) in [4.78, 5) is 15.1. The first-order chi connectivity index (χ1) is 13.0. The largest absolute Gasteiger partial charge is 0.454 e. The third-order valence-corrected chi connectivity index (χ3v) is 4.63.